The van der Waals surface area contributed by atoms with Gasteiger partial charge in [-0.25, -0.2) is 0 Å². The fourth-order valence-corrected chi connectivity index (χ4v) is 2.51. The summed E-state index contributed by atoms with van der Waals surface area (Å²) in [6.07, 6.45) is 3.35. The molecule has 104 valence electrons. The summed E-state index contributed by atoms with van der Waals surface area (Å²) in [6.45, 7) is 9.28. The van der Waals surface area contributed by atoms with E-state index >= 15 is 0 Å². The summed E-state index contributed by atoms with van der Waals surface area (Å²) in [5.41, 5.74) is 0.900. The van der Waals surface area contributed by atoms with E-state index in [1.807, 2.05) is 13.0 Å². The van der Waals surface area contributed by atoms with E-state index in [0.29, 0.717) is 19.3 Å². The molecule has 0 aliphatic heterocycles. The molecule has 0 radical (unpaired) electrons. The molecule has 3 nitrogen and oxygen atoms in total. The Morgan fingerprint density at radius 1 is 1.22 bits per heavy atom. The molecule has 1 aliphatic rings. The smallest absolute Gasteiger partial charge is 0.0778 e. The number of aliphatic hydroxyl groups excluding tert-OH is 2. The summed E-state index contributed by atoms with van der Waals surface area (Å²) in [4.78, 5) is 0. The summed E-state index contributed by atoms with van der Waals surface area (Å²) in [5.74, 6) is -0.241. The fraction of sp³-hybridized carbons (Fsp3) is 0.733. The van der Waals surface area contributed by atoms with Gasteiger partial charge in [-0.15, -0.1) is 0 Å². The van der Waals surface area contributed by atoms with Crippen molar-refractivity contribution in [2.24, 2.45) is 5.92 Å². The summed E-state index contributed by atoms with van der Waals surface area (Å²) < 4.78 is 0. The Labute approximate surface area is 110 Å². The monoisotopic (exact) mass is 254 g/mol. The summed E-state index contributed by atoms with van der Waals surface area (Å²) >= 11 is 0. The lowest BCUT2D eigenvalue weighted by Gasteiger charge is -2.33. The van der Waals surface area contributed by atoms with Crippen LogP contribution in [0.3, 0.4) is 0 Å². The lowest BCUT2D eigenvalue weighted by Crippen LogP contribution is -2.39. The summed E-state index contributed by atoms with van der Waals surface area (Å²) in [7, 11) is 0. The van der Waals surface area contributed by atoms with Crippen LogP contribution in [0, 0.1) is 5.92 Å². The van der Waals surface area contributed by atoms with E-state index in [-0.39, 0.29) is 5.92 Å². The third kappa shape index (κ3) is 4.23. The molecule has 0 aromatic heterocycles. The maximum atomic E-state index is 10.2. The van der Waals surface area contributed by atoms with Crippen molar-refractivity contribution in [3.8, 4) is 0 Å². The lowest BCUT2D eigenvalue weighted by molar-refractivity contribution is -0.0353. The van der Waals surface area contributed by atoms with Gasteiger partial charge in [-0.05, 0) is 52.0 Å². The van der Waals surface area contributed by atoms with Crippen molar-refractivity contribution < 1.29 is 15.3 Å². The molecule has 0 bridgehead atoms. The number of allylic oxidation sites excluding steroid dienone is 1. The molecule has 1 aliphatic carbocycles. The Morgan fingerprint density at radius 3 is 2.39 bits per heavy atom. The highest BCUT2D eigenvalue weighted by Gasteiger charge is 2.32. The minimum absolute atomic E-state index is 0.241. The van der Waals surface area contributed by atoms with Crippen molar-refractivity contribution in [1.29, 1.82) is 0 Å². The largest absolute Gasteiger partial charge is 0.390 e. The summed E-state index contributed by atoms with van der Waals surface area (Å²) in [6, 6.07) is 0. The molecule has 0 spiro atoms. The van der Waals surface area contributed by atoms with Crippen LogP contribution in [-0.4, -0.2) is 33.1 Å². The van der Waals surface area contributed by atoms with Crippen LogP contribution < -0.4 is 0 Å². The fourth-order valence-electron chi connectivity index (χ4n) is 2.51. The molecule has 1 rings (SSSR count). The number of hydrogen-bond acceptors (Lipinski definition) is 3. The second-order valence-corrected chi connectivity index (χ2v) is 6.02. The Kier molecular flexibility index (Phi) is 5.14. The SMILES string of the molecule is C=C1CC[C@@H](C(C)(C)O)[C@H](O)/C=C(\C)CC[C@@H]1O. The first-order valence-corrected chi connectivity index (χ1v) is 6.65. The molecular weight excluding hydrogens is 228 g/mol. The lowest BCUT2D eigenvalue weighted by atomic mass is 9.79. The van der Waals surface area contributed by atoms with Gasteiger partial charge < -0.3 is 15.3 Å². The van der Waals surface area contributed by atoms with Crippen LogP contribution >= 0.6 is 0 Å². The number of aliphatic hydroxyl groups is 3. The highest BCUT2D eigenvalue weighted by atomic mass is 16.3. The maximum absolute atomic E-state index is 10.2. The van der Waals surface area contributed by atoms with Gasteiger partial charge in [0.2, 0.25) is 0 Å². The average Bonchev–Trinajstić information content (AvgIpc) is 2.22. The van der Waals surface area contributed by atoms with Gasteiger partial charge in [-0.1, -0.05) is 18.2 Å². The predicted molar refractivity (Wildman–Crippen MR) is 73.2 cm³/mol. The second-order valence-electron chi connectivity index (χ2n) is 6.02. The molecular formula is C15H26O3. The minimum atomic E-state index is -0.944. The zero-order valence-electron chi connectivity index (χ0n) is 11.7. The van der Waals surface area contributed by atoms with E-state index in [0.717, 1.165) is 17.6 Å². The van der Waals surface area contributed by atoms with Gasteiger partial charge >= 0.3 is 0 Å². The first-order valence-electron chi connectivity index (χ1n) is 6.65. The molecule has 0 fully saturated rings. The Balaban J connectivity index is 2.94. The van der Waals surface area contributed by atoms with Gasteiger partial charge in [-0.2, -0.15) is 0 Å². The topological polar surface area (TPSA) is 60.7 Å². The molecule has 0 saturated heterocycles. The van der Waals surface area contributed by atoms with Crippen molar-refractivity contribution in [3.05, 3.63) is 23.8 Å². The molecule has 0 heterocycles. The minimum Gasteiger partial charge on any atom is -0.390 e. The van der Waals surface area contributed by atoms with Gasteiger partial charge in [0, 0.05) is 5.92 Å². The van der Waals surface area contributed by atoms with E-state index in [4.69, 9.17) is 0 Å². The number of rotatable bonds is 1. The van der Waals surface area contributed by atoms with Crippen molar-refractivity contribution >= 4 is 0 Å². The Bertz CT molecular complexity index is 325. The van der Waals surface area contributed by atoms with Crippen LogP contribution in [0.1, 0.15) is 46.5 Å². The van der Waals surface area contributed by atoms with Gasteiger partial charge in [0.25, 0.3) is 0 Å². The highest BCUT2D eigenvalue weighted by molar-refractivity contribution is 5.10. The highest BCUT2D eigenvalue weighted by Crippen LogP contribution is 2.30. The molecule has 0 amide bonds. The quantitative estimate of drug-likeness (QED) is 0.628. The summed E-state index contributed by atoms with van der Waals surface area (Å²) in [5, 5.41) is 30.3. The van der Waals surface area contributed by atoms with Crippen molar-refractivity contribution in [3.63, 3.8) is 0 Å². The van der Waals surface area contributed by atoms with Crippen LogP contribution in [0.5, 0.6) is 0 Å². The van der Waals surface area contributed by atoms with E-state index in [2.05, 4.69) is 6.58 Å². The van der Waals surface area contributed by atoms with E-state index in [1.54, 1.807) is 13.8 Å². The molecule has 18 heavy (non-hydrogen) atoms. The second kappa shape index (κ2) is 6.00. The van der Waals surface area contributed by atoms with Crippen molar-refractivity contribution in [2.45, 2.75) is 64.3 Å². The van der Waals surface area contributed by atoms with Gasteiger partial charge in [-0.3, -0.25) is 0 Å². The van der Waals surface area contributed by atoms with Gasteiger partial charge in [0.05, 0.1) is 17.8 Å². The molecule has 0 aromatic carbocycles. The predicted octanol–water partition coefficient (Wildman–Crippen LogP) is 2.17. The molecule has 3 atom stereocenters. The van der Waals surface area contributed by atoms with Crippen LogP contribution in [0.15, 0.2) is 23.8 Å². The maximum Gasteiger partial charge on any atom is 0.0778 e. The van der Waals surface area contributed by atoms with Crippen molar-refractivity contribution in [2.75, 3.05) is 0 Å². The molecule has 3 N–H and O–H groups in total. The van der Waals surface area contributed by atoms with E-state index in [9.17, 15) is 15.3 Å². The third-order valence-corrected chi connectivity index (χ3v) is 3.83. The molecule has 0 unspecified atom stereocenters. The average molecular weight is 254 g/mol. The van der Waals surface area contributed by atoms with Crippen LogP contribution in [0.2, 0.25) is 0 Å². The van der Waals surface area contributed by atoms with Crippen molar-refractivity contribution in [1.82, 2.24) is 0 Å². The first kappa shape index (κ1) is 15.4. The standard InChI is InChI=1S/C15H26O3/c1-10-5-8-13(16)11(2)6-7-12(14(17)9-10)15(3,4)18/h9,12-14,16-18H,2,5-8H2,1,3-4H3/b10-9+/t12-,13+,14-/m1/s1. The van der Waals surface area contributed by atoms with Crippen LogP contribution in [0.4, 0.5) is 0 Å². The first-order chi connectivity index (χ1) is 8.21. The molecule has 0 saturated carbocycles. The van der Waals surface area contributed by atoms with Gasteiger partial charge in [0.15, 0.2) is 0 Å². The van der Waals surface area contributed by atoms with Crippen LogP contribution in [0.25, 0.3) is 0 Å². The zero-order chi connectivity index (χ0) is 13.9. The normalized spacial score (nSPS) is 34.9. The molecule has 3 heteroatoms. The zero-order valence-corrected chi connectivity index (χ0v) is 11.7. The Hall–Kier alpha value is -0.640. The molecule has 0 aromatic rings. The van der Waals surface area contributed by atoms with E-state index in [1.165, 1.54) is 0 Å². The van der Waals surface area contributed by atoms with Crippen LogP contribution in [-0.2, 0) is 0 Å². The number of hydrogen-bond donors (Lipinski definition) is 3. The van der Waals surface area contributed by atoms with Gasteiger partial charge in [0.1, 0.15) is 0 Å². The third-order valence-electron chi connectivity index (χ3n) is 3.83. The Morgan fingerprint density at radius 2 is 1.83 bits per heavy atom. The van der Waals surface area contributed by atoms with E-state index < -0.39 is 17.8 Å².